The van der Waals surface area contributed by atoms with Crippen LogP contribution in [0.25, 0.3) is 4.85 Å². The maximum atomic E-state index is 12.6. The molecule has 0 radical (unpaired) electrons. The quantitative estimate of drug-likeness (QED) is 0.727. The van der Waals surface area contributed by atoms with Crippen molar-refractivity contribution < 1.29 is 29.0 Å². The molecule has 4 rings (SSSR count). The van der Waals surface area contributed by atoms with E-state index < -0.39 is 24.2 Å². The molecule has 1 fully saturated rings. The van der Waals surface area contributed by atoms with Crippen molar-refractivity contribution >= 4 is 17.6 Å². The second kappa shape index (κ2) is 7.70. The molecule has 2 heterocycles. The minimum atomic E-state index is -1.15. The average molecular weight is 396 g/mol. The van der Waals surface area contributed by atoms with Gasteiger partial charge in [-0.05, 0) is 48.2 Å². The standard InChI is InChI=1S/C21H20N2O6/c1-22-16-9-20(25)23(13-3-5-15-12(8-13)2-6-18(15)24)17(16)11-28-10-14-4-7-19(29-14)21(26)27/h3-5,7-8,16-18,24H,2,6,9-11H2,(H,26,27). The molecule has 0 saturated carbocycles. The molecule has 2 N–H and O–H groups in total. The van der Waals surface area contributed by atoms with Crippen molar-refractivity contribution in [3.63, 3.8) is 0 Å². The van der Waals surface area contributed by atoms with E-state index >= 15 is 0 Å². The Balaban J connectivity index is 1.49. The van der Waals surface area contributed by atoms with Gasteiger partial charge in [-0.25, -0.2) is 11.4 Å². The number of carbonyl (C=O) groups is 2. The third-order valence-electron chi connectivity index (χ3n) is 5.45. The lowest BCUT2D eigenvalue weighted by molar-refractivity contribution is -0.117. The number of furan rings is 1. The van der Waals surface area contributed by atoms with Crippen molar-refractivity contribution in [3.8, 4) is 0 Å². The summed E-state index contributed by atoms with van der Waals surface area (Å²) in [5.74, 6) is -1.09. The van der Waals surface area contributed by atoms with Crippen LogP contribution in [0, 0.1) is 6.57 Å². The molecule has 8 heteroatoms. The lowest BCUT2D eigenvalue weighted by Gasteiger charge is -2.25. The molecule has 1 aromatic heterocycles. The van der Waals surface area contributed by atoms with Gasteiger partial charge in [-0.15, -0.1) is 0 Å². The Hall–Kier alpha value is -3.15. The molecule has 3 atom stereocenters. The Morgan fingerprint density at radius 2 is 2.17 bits per heavy atom. The number of carboxylic acid groups (broad SMARTS) is 1. The third-order valence-corrected chi connectivity index (χ3v) is 5.45. The van der Waals surface area contributed by atoms with E-state index in [0.717, 1.165) is 17.5 Å². The number of ether oxygens (including phenoxy) is 1. The van der Waals surface area contributed by atoms with Gasteiger partial charge in [0.25, 0.3) is 6.04 Å². The van der Waals surface area contributed by atoms with Crippen LogP contribution in [0.15, 0.2) is 34.7 Å². The van der Waals surface area contributed by atoms with Crippen LogP contribution >= 0.6 is 0 Å². The molecule has 1 aliphatic carbocycles. The Kier molecular flexibility index (Phi) is 5.09. The minimum absolute atomic E-state index is 0.0485. The van der Waals surface area contributed by atoms with Crippen molar-refractivity contribution in [1.29, 1.82) is 0 Å². The van der Waals surface area contributed by atoms with Gasteiger partial charge in [0.1, 0.15) is 24.8 Å². The molecular weight excluding hydrogens is 376 g/mol. The summed E-state index contributed by atoms with van der Waals surface area (Å²) in [5, 5.41) is 18.9. The van der Waals surface area contributed by atoms with Crippen molar-refractivity contribution in [2.75, 3.05) is 11.5 Å². The van der Waals surface area contributed by atoms with E-state index in [1.165, 1.54) is 12.1 Å². The summed E-state index contributed by atoms with van der Waals surface area (Å²) in [6, 6.07) is 7.47. The number of carbonyl (C=O) groups excluding carboxylic acids is 1. The van der Waals surface area contributed by atoms with Crippen molar-refractivity contribution in [1.82, 2.24) is 0 Å². The monoisotopic (exact) mass is 396 g/mol. The van der Waals surface area contributed by atoms with Gasteiger partial charge in [-0.2, -0.15) is 0 Å². The number of carboxylic acids is 1. The number of anilines is 1. The zero-order valence-corrected chi connectivity index (χ0v) is 15.6. The van der Waals surface area contributed by atoms with Crippen LogP contribution in [-0.4, -0.2) is 40.8 Å². The zero-order chi connectivity index (χ0) is 20.5. The number of benzene rings is 1. The molecule has 0 bridgehead atoms. The van der Waals surface area contributed by atoms with Gasteiger partial charge in [0.15, 0.2) is 0 Å². The highest BCUT2D eigenvalue weighted by Gasteiger charge is 2.45. The average Bonchev–Trinajstić information content (AvgIpc) is 3.40. The SMILES string of the molecule is [C-]#[N+]C1CC(=O)N(c2ccc3c(c2)CCC3O)C1COCc1ccc(C(=O)O)o1. The third kappa shape index (κ3) is 3.62. The summed E-state index contributed by atoms with van der Waals surface area (Å²) in [4.78, 5) is 28.7. The van der Waals surface area contributed by atoms with E-state index in [9.17, 15) is 14.7 Å². The number of aliphatic hydroxyl groups is 1. The second-order valence-corrected chi connectivity index (χ2v) is 7.26. The number of aliphatic hydroxyl groups excluding tert-OH is 1. The van der Waals surface area contributed by atoms with Crippen LogP contribution < -0.4 is 4.90 Å². The molecule has 3 unspecified atom stereocenters. The molecule has 2 aromatic rings. The highest BCUT2D eigenvalue weighted by molar-refractivity contribution is 5.97. The first-order valence-electron chi connectivity index (χ1n) is 9.37. The highest BCUT2D eigenvalue weighted by atomic mass is 16.5. The molecule has 2 aliphatic rings. The lowest BCUT2D eigenvalue weighted by atomic mass is 10.1. The van der Waals surface area contributed by atoms with Crippen molar-refractivity contribution in [2.45, 2.75) is 44.1 Å². The molecule has 1 aromatic carbocycles. The Bertz CT molecular complexity index is 991. The van der Waals surface area contributed by atoms with E-state index in [1.807, 2.05) is 12.1 Å². The van der Waals surface area contributed by atoms with Gasteiger partial charge in [-0.3, -0.25) is 9.69 Å². The Morgan fingerprint density at radius 1 is 1.34 bits per heavy atom. The predicted octanol–water partition coefficient (Wildman–Crippen LogP) is 2.57. The smallest absolute Gasteiger partial charge is 0.371 e. The second-order valence-electron chi connectivity index (χ2n) is 7.26. The largest absolute Gasteiger partial charge is 0.475 e. The molecule has 29 heavy (non-hydrogen) atoms. The number of aryl methyl sites for hydroxylation is 1. The number of amides is 1. The maximum absolute atomic E-state index is 12.6. The summed E-state index contributed by atoms with van der Waals surface area (Å²) in [6.45, 7) is 7.62. The molecule has 1 amide bonds. The molecule has 1 saturated heterocycles. The number of rotatable bonds is 6. The summed E-state index contributed by atoms with van der Waals surface area (Å²) >= 11 is 0. The highest BCUT2D eigenvalue weighted by Crippen LogP contribution is 2.36. The molecule has 150 valence electrons. The van der Waals surface area contributed by atoms with Crippen LogP contribution in [0.2, 0.25) is 0 Å². The first-order valence-corrected chi connectivity index (χ1v) is 9.37. The first kappa shape index (κ1) is 19.2. The summed E-state index contributed by atoms with van der Waals surface area (Å²) in [7, 11) is 0. The van der Waals surface area contributed by atoms with E-state index in [-0.39, 0.29) is 31.3 Å². The zero-order valence-electron chi connectivity index (χ0n) is 15.6. The van der Waals surface area contributed by atoms with Crippen LogP contribution in [0.1, 0.15) is 46.4 Å². The lowest BCUT2D eigenvalue weighted by Crippen LogP contribution is -2.40. The number of fused-ring (bicyclic) bond motifs is 1. The fourth-order valence-electron chi connectivity index (χ4n) is 4.01. The van der Waals surface area contributed by atoms with Gasteiger partial charge in [0.2, 0.25) is 11.7 Å². The summed E-state index contributed by atoms with van der Waals surface area (Å²) in [5.41, 5.74) is 2.61. The maximum Gasteiger partial charge on any atom is 0.371 e. The number of aromatic carboxylic acids is 1. The van der Waals surface area contributed by atoms with E-state index in [2.05, 4.69) is 4.85 Å². The fraction of sp³-hybridized carbons (Fsp3) is 0.381. The minimum Gasteiger partial charge on any atom is -0.475 e. The topological polar surface area (TPSA) is 105 Å². The molecule has 0 spiro atoms. The summed E-state index contributed by atoms with van der Waals surface area (Å²) < 4.78 is 10.8. The van der Waals surface area contributed by atoms with Crippen molar-refractivity contribution in [2.24, 2.45) is 0 Å². The number of hydrogen-bond acceptors (Lipinski definition) is 5. The number of hydrogen-bond donors (Lipinski definition) is 2. The van der Waals surface area contributed by atoms with E-state index in [1.54, 1.807) is 11.0 Å². The van der Waals surface area contributed by atoms with Gasteiger partial charge < -0.3 is 24.2 Å². The Morgan fingerprint density at radius 3 is 2.90 bits per heavy atom. The normalized spacial score (nSPS) is 23.2. The van der Waals surface area contributed by atoms with Gasteiger partial charge in [0.05, 0.1) is 12.7 Å². The van der Waals surface area contributed by atoms with Crippen molar-refractivity contribution in [3.05, 3.63) is 64.4 Å². The summed E-state index contributed by atoms with van der Waals surface area (Å²) in [6.07, 6.45) is 1.09. The fourth-order valence-corrected chi connectivity index (χ4v) is 4.01. The van der Waals surface area contributed by atoms with E-state index in [0.29, 0.717) is 17.9 Å². The van der Waals surface area contributed by atoms with Gasteiger partial charge >= 0.3 is 5.97 Å². The number of nitrogens with zero attached hydrogens (tertiary/aromatic N) is 2. The van der Waals surface area contributed by atoms with Crippen LogP contribution in [0.5, 0.6) is 0 Å². The van der Waals surface area contributed by atoms with Gasteiger partial charge in [0, 0.05) is 5.69 Å². The van der Waals surface area contributed by atoms with Gasteiger partial charge in [-0.1, -0.05) is 6.07 Å². The van der Waals surface area contributed by atoms with E-state index in [4.69, 9.17) is 20.8 Å². The first-order chi connectivity index (χ1) is 14.0. The van der Waals surface area contributed by atoms with Crippen LogP contribution in [0.3, 0.4) is 0 Å². The molecule has 8 nitrogen and oxygen atoms in total. The molecule has 1 aliphatic heterocycles. The Labute approximate surface area is 167 Å². The van der Waals surface area contributed by atoms with Crippen LogP contribution in [-0.2, 0) is 22.6 Å². The molecular formula is C21H20N2O6. The predicted molar refractivity (Wildman–Crippen MR) is 101 cm³/mol. The van der Waals surface area contributed by atoms with Crippen LogP contribution in [0.4, 0.5) is 5.69 Å².